The van der Waals surface area contributed by atoms with Crippen LogP contribution in [0.2, 0.25) is 0 Å². The Hall–Kier alpha value is -2.16. The van der Waals surface area contributed by atoms with Crippen LogP contribution in [0.3, 0.4) is 0 Å². The highest BCUT2D eigenvalue weighted by atomic mass is 16.4. The number of rotatable bonds is 5. The molecular weight excluding hydrogens is 250 g/mol. The molecule has 0 saturated carbocycles. The predicted molar refractivity (Wildman–Crippen MR) is 78.7 cm³/mol. The molecule has 3 heteroatoms. The van der Waals surface area contributed by atoms with Gasteiger partial charge in [0.1, 0.15) is 0 Å². The monoisotopic (exact) mass is 269 g/mol. The summed E-state index contributed by atoms with van der Waals surface area (Å²) in [5.74, 6) is -1.21. The zero-order valence-electron chi connectivity index (χ0n) is 11.8. The third-order valence-corrected chi connectivity index (χ3v) is 3.35. The third-order valence-electron chi connectivity index (χ3n) is 3.35. The van der Waals surface area contributed by atoms with Crippen molar-refractivity contribution < 1.29 is 9.90 Å². The number of carboxylic acid groups (broad SMARTS) is 1. The molecule has 104 valence electrons. The Labute approximate surface area is 119 Å². The molecule has 0 aliphatic rings. The Kier molecular flexibility index (Phi) is 4.51. The standard InChI is InChI=1S/C17H19NO2/c1-12-6-8-14(9-7-12)10-15(17(19)20)11-16-5-3-4-13(2)18-16/h3-9,15H,10-11H2,1-2H3,(H,19,20). The number of aromatic nitrogens is 1. The van der Waals surface area contributed by atoms with E-state index in [1.54, 1.807) is 0 Å². The van der Waals surface area contributed by atoms with Gasteiger partial charge in [-0.05, 0) is 38.0 Å². The molecule has 0 aliphatic carbocycles. The molecule has 20 heavy (non-hydrogen) atoms. The number of pyridine rings is 1. The second-order valence-electron chi connectivity index (χ2n) is 5.20. The van der Waals surface area contributed by atoms with Crippen molar-refractivity contribution >= 4 is 5.97 Å². The van der Waals surface area contributed by atoms with Crippen molar-refractivity contribution in [3.63, 3.8) is 0 Å². The maximum Gasteiger partial charge on any atom is 0.307 e. The van der Waals surface area contributed by atoms with Gasteiger partial charge >= 0.3 is 5.97 Å². The van der Waals surface area contributed by atoms with Crippen molar-refractivity contribution in [2.45, 2.75) is 26.7 Å². The number of nitrogens with zero attached hydrogens (tertiary/aromatic N) is 1. The molecule has 2 aromatic rings. The Morgan fingerprint density at radius 3 is 2.40 bits per heavy atom. The van der Waals surface area contributed by atoms with Crippen LogP contribution in [0.25, 0.3) is 0 Å². The van der Waals surface area contributed by atoms with Gasteiger partial charge in [-0.2, -0.15) is 0 Å². The summed E-state index contributed by atoms with van der Waals surface area (Å²) in [4.78, 5) is 15.8. The molecule has 0 radical (unpaired) electrons. The summed E-state index contributed by atoms with van der Waals surface area (Å²) in [7, 11) is 0. The van der Waals surface area contributed by atoms with Crippen molar-refractivity contribution in [2.24, 2.45) is 5.92 Å². The normalized spacial score (nSPS) is 12.1. The van der Waals surface area contributed by atoms with Crippen molar-refractivity contribution in [1.82, 2.24) is 4.98 Å². The first-order valence-electron chi connectivity index (χ1n) is 6.75. The smallest absolute Gasteiger partial charge is 0.307 e. The minimum atomic E-state index is -0.770. The number of carbonyl (C=O) groups is 1. The molecule has 1 aromatic heterocycles. The molecule has 0 bridgehead atoms. The van der Waals surface area contributed by atoms with E-state index in [0.717, 1.165) is 17.0 Å². The quantitative estimate of drug-likeness (QED) is 0.907. The van der Waals surface area contributed by atoms with Gasteiger partial charge in [0, 0.05) is 17.8 Å². The molecule has 0 aliphatic heterocycles. The first kappa shape index (κ1) is 14.3. The summed E-state index contributed by atoms with van der Waals surface area (Å²) in [5, 5.41) is 9.39. The summed E-state index contributed by atoms with van der Waals surface area (Å²) in [6.45, 7) is 3.94. The van der Waals surface area contributed by atoms with Crippen LogP contribution in [0.4, 0.5) is 0 Å². The lowest BCUT2D eigenvalue weighted by Gasteiger charge is -2.12. The number of aliphatic carboxylic acids is 1. The fraction of sp³-hybridized carbons (Fsp3) is 0.294. The number of carboxylic acids is 1. The maximum atomic E-state index is 11.4. The molecule has 0 amide bonds. The van der Waals surface area contributed by atoms with Crippen molar-refractivity contribution in [3.8, 4) is 0 Å². The molecule has 2 rings (SSSR count). The highest BCUT2D eigenvalue weighted by molar-refractivity contribution is 5.70. The van der Waals surface area contributed by atoms with Crippen LogP contribution in [0.15, 0.2) is 42.5 Å². The van der Waals surface area contributed by atoms with E-state index in [-0.39, 0.29) is 0 Å². The zero-order chi connectivity index (χ0) is 14.5. The van der Waals surface area contributed by atoms with Crippen LogP contribution in [0, 0.1) is 19.8 Å². The molecule has 1 heterocycles. The van der Waals surface area contributed by atoms with Crippen molar-refractivity contribution in [1.29, 1.82) is 0 Å². The van der Waals surface area contributed by atoms with Crippen molar-refractivity contribution in [2.75, 3.05) is 0 Å². The number of benzene rings is 1. The van der Waals surface area contributed by atoms with Gasteiger partial charge in [-0.1, -0.05) is 35.9 Å². The summed E-state index contributed by atoms with van der Waals surface area (Å²) >= 11 is 0. The summed E-state index contributed by atoms with van der Waals surface area (Å²) in [6, 6.07) is 13.7. The van der Waals surface area contributed by atoms with Gasteiger partial charge in [-0.15, -0.1) is 0 Å². The molecule has 1 aromatic carbocycles. The minimum Gasteiger partial charge on any atom is -0.481 e. The first-order valence-corrected chi connectivity index (χ1v) is 6.75. The van der Waals surface area contributed by atoms with E-state index in [2.05, 4.69) is 4.98 Å². The molecule has 1 atom stereocenters. The van der Waals surface area contributed by atoms with E-state index in [1.165, 1.54) is 5.56 Å². The highest BCUT2D eigenvalue weighted by Crippen LogP contribution is 2.15. The van der Waals surface area contributed by atoms with Gasteiger partial charge in [-0.3, -0.25) is 9.78 Å². The third kappa shape index (κ3) is 3.92. The lowest BCUT2D eigenvalue weighted by atomic mass is 9.94. The highest BCUT2D eigenvalue weighted by Gasteiger charge is 2.19. The first-order chi connectivity index (χ1) is 9.54. The number of aryl methyl sites for hydroxylation is 2. The van der Waals surface area contributed by atoms with Crippen LogP contribution >= 0.6 is 0 Å². The van der Waals surface area contributed by atoms with Crippen LogP contribution < -0.4 is 0 Å². The minimum absolute atomic E-state index is 0.438. The van der Waals surface area contributed by atoms with E-state index >= 15 is 0 Å². The SMILES string of the molecule is Cc1ccc(CC(Cc2cccc(C)n2)C(=O)O)cc1. The van der Waals surface area contributed by atoms with E-state index in [4.69, 9.17) is 0 Å². The topological polar surface area (TPSA) is 50.2 Å². The molecule has 1 N–H and O–H groups in total. The largest absolute Gasteiger partial charge is 0.481 e. The van der Waals surface area contributed by atoms with Gasteiger partial charge < -0.3 is 5.11 Å². The van der Waals surface area contributed by atoms with E-state index in [9.17, 15) is 9.90 Å². The van der Waals surface area contributed by atoms with Crippen LogP contribution in [0.1, 0.15) is 22.5 Å². The van der Waals surface area contributed by atoms with Gasteiger partial charge in [0.2, 0.25) is 0 Å². The Morgan fingerprint density at radius 1 is 1.10 bits per heavy atom. The molecule has 0 fully saturated rings. The van der Waals surface area contributed by atoms with E-state index in [0.29, 0.717) is 12.8 Å². The Bertz CT molecular complexity index is 590. The van der Waals surface area contributed by atoms with Crippen LogP contribution in [0.5, 0.6) is 0 Å². The average molecular weight is 269 g/mol. The molecule has 0 saturated heterocycles. The summed E-state index contributed by atoms with van der Waals surface area (Å²) in [5.41, 5.74) is 3.99. The maximum absolute atomic E-state index is 11.4. The number of hydrogen-bond donors (Lipinski definition) is 1. The van der Waals surface area contributed by atoms with Crippen LogP contribution in [-0.2, 0) is 17.6 Å². The predicted octanol–water partition coefficient (Wildman–Crippen LogP) is 3.18. The van der Waals surface area contributed by atoms with Gasteiger partial charge in [-0.25, -0.2) is 0 Å². The molecular formula is C17H19NO2. The molecule has 3 nitrogen and oxygen atoms in total. The number of hydrogen-bond acceptors (Lipinski definition) is 2. The van der Waals surface area contributed by atoms with Crippen molar-refractivity contribution in [3.05, 3.63) is 65.0 Å². The molecule has 1 unspecified atom stereocenters. The van der Waals surface area contributed by atoms with Gasteiger partial charge in [0.25, 0.3) is 0 Å². The second kappa shape index (κ2) is 6.33. The fourth-order valence-corrected chi connectivity index (χ4v) is 2.22. The molecule has 0 spiro atoms. The van der Waals surface area contributed by atoms with E-state index < -0.39 is 11.9 Å². The summed E-state index contributed by atoms with van der Waals surface area (Å²) in [6.07, 6.45) is 0.996. The lowest BCUT2D eigenvalue weighted by Crippen LogP contribution is -2.19. The second-order valence-corrected chi connectivity index (χ2v) is 5.20. The zero-order valence-corrected chi connectivity index (χ0v) is 11.8. The Morgan fingerprint density at radius 2 is 1.80 bits per heavy atom. The average Bonchev–Trinajstić information content (AvgIpc) is 2.40. The fourth-order valence-electron chi connectivity index (χ4n) is 2.22. The van der Waals surface area contributed by atoms with Gasteiger partial charge in [0.15, 0.2) is 0 Å². The van der Waals surface area contributed by atoms with Gasteiger partial charge in [0.05, 0.1) is 5.92 Å². The lowest BCUT2D eigenvalue weighted by molar-refractivity contribution is -0.141. The Balaban J connectivity index is 2.11. The van der Waals surface area contributed by atoms with E-state index in [1.807, 2.05) is 56.3 Å². The van der Waals surface area contributed by atoms with Crippen LogP contribution in [-0.4, -0.2) is 16.1 Å². The summed E-state index contributed by atoms with van der Waals surface area (Å²) < 4.78 is 0.